The molecule has 0 unspecified atom stereocenters. The molecule has 1 saturated carbocycles. The highest BCUT2D eigenvalue weighted by Crippen LogP contribution is 2.52. The van der Waals surface area contributed by atoms with Crippen LogP contribution in [0.1, 0.15) is 29.5 Å². The number of benzene rings is 1. The fraction of sp³-hybridized carbons (Fsp3) is 0.462. The van der Waals surface area contributed by atoms with Crippen LogP contribution in [0.5, 0.6) is 0 Å². The van der Waals surface area contributed by atoms with Crippen molar-refractivity contribution in [3.8, 4) is 0 Å². The molecular weight excluding hydrogens is 266 g/mol. The smallest absolute Gasteiger partial charge is 0.258 e. The van der Waals surface area contributed by atoms with Crippen LogP contribution in [0, 0.1) is 6.57 Å². The predicted octanol–water partition coefficient (Wildman–Crippen LogP) is 3.43. The molecule has 16 heavy (non-hydrogen) atoms. The van der Waals surface area contributed by atoms with E-state index in [4.69, 9.17) is 11.3 Å². The Bertz CT molecular complexity index is 485. The second-order valence-electron chi connectivity index (χ2n) is 4.54. The van der Waals surface area contributed by atoms with Crippen LogP contribution < -0.4 is 0 Å². The van der Waals surface area contributed by atoms with Crippen LogP contribution in [-0.4, -0.2) is 6.61 Å². The Hall–Kier alpha value is -0.850. The van der Waals surface area contributed by atoms with Crippen molar-refractivity contribution in [3.63, 3.8) is 0 Å². The Kier molecular flexibility index (Phi) is 2.31. The number of halogens is 1. The zero-order valence-electron chi connectivity index (χ0n) is 8.92. The molecule has 3 rings (SSSR count). The predicted molar refractivity (Wildman–Crippen MR) is 65.0 cm³/mol. The van der Waals surface area contributed by atoms with Gasteiger partial charge in [-0.05, 0) is 29.7 Å². The highest BCUT2D eigenvalue weighted by molar-refractivity contribution is 9.10. The van der Waals surface area contributed by atoms with Gasteiger partial charge in [0, 0.05) is 22.9 Å². The molecule has 1 aromatic carbocycles. The maximum atomic E-state index is 7.36. The van der Waals surface area contributed by atoms with Crippen LogP contribution in [0.25, 0.3) is 4.85 Å². The number of rotatable bonds is 1. The van der Waals surface area contributed by atoms with Crippen molar-refractivity contribution in [2.75, 3.05) is 6.61 Å². The van der Waals surface area contributed by atoms with E-state index >= 15 is 0 Å². The van der Waals surface area contributed by atoms with Crippen molar-refractivity contribution in [2.24, 2.45) is 0 Å². The minimum atomic E-state index is -0.228. The standard InChI is InChI=1S/C13H12BrNO/c1-15-13(3-4-13)12-7-10(14)6-9-2-5-16-8-11(9)12/h6-7H,2-5,8H2. The molecule has 1 heterocycles. The van der Waals surface area contributed by atoms with Gasteiger partial charge in [-0.15, -0.1) is 0 Å². The fourth-order valence-electron chi connectivity index (χ4n) is 2.42. The second-order valence-corrected chi connectivity index (χ2v) is 5.45. The summed E-state index contributed by atoms with van der Waals surface area (Å²) in [6.07, 6.45) is 2.97. The van der Waals surface area contributed by atoms with Gasteiger partial charge in [0.25, 0.3) is 5.54 Å². The van der Waals surface area contributed by atoms with E-state index in [1.807, 2.05) is 0 Å². The van der Waals surface area contributed by atoms with Crippen LogP contribution in [0.4, 0.5) is 0 Å². The van der Waals surface area contributed by atoms with Gasteiger partial charge in [-0.25, -0.2) is 6.57 Å². The summed E-state index contributed by atoms with van der Waals surface area (Å²) in [5.74, 6) is 0. The first-order valence-electron chi connectivity index (χ1n) is 5.53. The van der Waals surface area contributed by atoms with Crippen LogP contribution in [0.3, 0.4) is 0 Å². The summed E-state index contributed by atoms with van der Waals surface area (Å²) in [5, 5.41) is 0. The number of ether oxygens (including phenoxy) is 1. The highest BCUT2D eigenvalue weighted by Gasteiger charge is 2.54. The quantitative estimate of drug-likeness (QED) is 0.717. The summed E-state index contributed by atoms with van der Waals surface area (Å²) in [4.78, 5) is 3.82. The summed E-state index contributed by atoms with van der Waals surface area (Å²) >= 11 is 3.55. The van der Waals surface area contributed by atoms with Crippen molar-refractivity contribution in [3.05, 3.63) is 44.7 Å². The molecule has 2 aliphatic rings. The van der Waals surface area contributed by atoms with E-state index in [0.29, 0.717) is 6.61 Å². The molecule has 3 heteroatoms. The highest BCUT2D eigenvalue weighted by atomic mass is 79.9. The number of fused-ring (bicyclic) bond motifs is 1. The molecule has 1 fully saturated rings. The lowest BCUT2D eigenvalue weighted by atomic mass is 9.92. The molecule has 1 aliphatic carbocycles. The Morgan fingerprint density at radius 1 is 1.38 bits per heavy atom. The van der Waals surface area contributed by atoms with Gasteiger partial charge < -0.3 is 9.58 Å². The van der Waals surface area contributed by atoms with E-state index in [2.05, 4.69) is 32.9 Å². The third kappa shape index (κ3) is 1.49. The molecule has 0 spiro atoms. The van der Waals surface area contributed by atoms with E-state index < -0.39 is 0 Å². The molecule has 82 valence electrons. The average molecular weight is 278 g/mol. The van der Waals surface area contributed by atoms with E-state index in [-0.39, 0.29) is 5.54 Å². The third-order valence-electron chi connectivity index (χ3n) is 3.51. The lowest BCUT2D eigenvalue weighted by molar-refractivity contribution is 0.110. The summed E-state index contributed by atoms with van der Waals surface area (Å²) in [6, 6.07) is 4.28. The Balaban J connectivity index is 2.17. The maximum Gasteiger partial charge on any atom is 0.258 e. The Labute approximate surface area is 104 Å². The van der Waals surface area contributed by atoms with Crippen molar-refractivity contribution in [2.45, 2.75) is 31.4 Å². The molecule has 1 aromatic rings. The number of nitrogens with zero attached hydrogens (tertiary/aromatic N) is 1. The summed E-state index contributed by atoms with van der Waals surface area (Å²) < 4.78 is 6.62. The van der Waals surface area contributed by atoms with Crippen LogP contribution >= 0.6 is 15.9 Å². The molecule has 1 aliphatic heterocycles. The maximum absolute atomic E-state index is 7.36. The van der Waals surface area contributed by atoms with E-state index in [9.17, 15) is 0 Å². The first-order chi connectivity index (χ1) is 7.75. The van der Waals surface area contributed by atoms with Crippen molar-refractivity contribution in [1.29, 1.82) is 0 Å². The lowest BCUT2D eigenvalue weighted by Crippen LogP contribution is -2.15. The molecule has 0 atom stereocenters. The summed E-state index contributed by atoms with van der Waals surface area (Å²) in [7, 11) is 0. The van der Waals surface area contributed by atoms with Gasteiger partial charge in [-0.2, -0.15) is 0 Å². The minimum absolute atomic E-state index is 0.228. The van der Waals surface area contributed by atoms with E-state index in [1.165, 1.54) is 16.7 Å². The van der Waals surface area contributed by atoms with Crippen molar-refractivity contribution < 1.29 is 4.74 Å². The first-order valence-corrected chi connectivity index (χ1v) is 6.33. The van der Waals surface area contributed by atoms with Gasteiger partial charge in [0.2, 0.25) is 0 Å². The van der Waals surface area contributed by atoms with Crippen molar-refractivity contribution in [1.82, 2.24) is 0 Å². The second kappa shape index (κ2) is 3.58. The molecule has 2 nitrogen and oxygen atoms in total. The SMILES string of the molecule is [C-]#[N+]C1(c2cc(Br)cc3c2COCC3)CC1. The van der Waals surface area contributed by atoms with Gasteiger partial charge in [-0.3, -0.25) is 0 Å². The molecule has 0 radical (unpaired) electrons. The summed E-state index contributed by atoms with van der Waals surface area (Å²) in [5.41, 5.74) is 3.59. The summed E-state index contributed by atoms with van der Waals surface area (Å²) in [6.45, 7) is 8.84. The monoisotopic (exact) mass is 277 g/mol. The topological polar surface area (TPSA) is 13.6 Å². The minimum Gasteiger partial charge on any atom is -0.376 e. The number of hydrogen-bond acceptors (Lipinski definition) is 1. The van der Waals surface area contributed by atoms with Crippen LogP contribution in [0.2, 0.25) is 0 Å². The van der Waals surface area contributed by atoms with E-state index in [0.717, 1.165) is 30.3 Å². The molecule has 0 saturated heterocycles. The lowest BCUT2D eigenvalue weighted by Gasteiger charge is -2.20. The Morgan fingerprint density at radius 2 is 2.19 bits per heavy atom. The zero-order valence-corrected chi connectivity index (χ0v) is 10.5. The van der Waals surface area contributed by atoms with Gasteiger partial charge in [0.15, 0.2) is 0 Å². The van der Waals surface area contributed by atoms with E-state index in [1.54, 1.807) is 0 Å². The van der Waals surface area contributed by atoms with Gasteiger partial charge in [0.05, 0.1) is 13.2 Å². The van der Waals surface area contributed by atoms with Gasteiger partial charge in [-0.1, -0.05) is 15.9 Å². The van der Waals surface area contributed by atoms with Gasteiger partial charge in [0.1, 0.15) is 0 Å². The number of hydrogen-bond donors (Lipinski definition) is 0. The Morgan fingerprint density at radius 3 is 2.88 bits per heavy atom. The average Bonchev–Trinajstić information content (AvgIpc) is 3.08. The fourth-order valence-corrected chi connectivity index (χ4v) is 2.92. The molecule has 0 aromatic heterocycles. The normalized spacial score (nSPS) is 21.0. The first kappa shape index (κ1) is 10.3. The zero-order chi connectivity index (χ0) is 11.2. The largest absolute Gasteiger partial charge is 0.376 e. The third-order valence-corrected chi connectivity index (χ3v) is 3.97. The van der Waals surface area contributed by atoms with Crippen LogP contribution in [-0.2, 0) is 23.3 Å². The molecule has 0 amide bonds. The molecule has 0 N–H and O–H groups in total. The molecular formula is C13H12BrNO. The van der Waals surface area contributed by atoms with Crippen LogP contribution in [0.15, 0.2) is 16.6 Å². The molecule has 0 bridgehead atoms. The van der Waals surface area contributed by atoms with Gasteiger partial charge >= 0.3 is 0 Å². The van der Waals surface area contributed by atoms with Crippen molar-refractivity contribution >= 4 is 15.9 Å².